The Labute approximate surface area is 161 Å². The van der Waals surface area contributed by atoms with Crippen LogP contribution in [0.15, 0.2) is 24.3 Å². The summed E-state index contributed by atoms with van der Waals surface area (Å²) < 4.78 is 7.25. The molecule has 4 rings (SSSR count). The molecule has 1 aromatic heterocycles. The minimum atomic E-state index is 0.212. The fraction of sp³-hybridized carbons (Fsp3) is 0.545. The van der Waals surface area contributed by atoms with E-state index in [1.165, 1.54) is 30.5 Å². The Hall–Kier alpha value is -2.30. The number of methoxy groups -OCH3 is 1. The summed E-state index contributed by atoms with van der Waals surface area (Å²) in [4.78, 5) is 15.3. The predicted octanol–water partition coefficient (Wildman–Crippen LogP) is 3.43. The maximum atomic E-state index is 13.2. The highest BCUT2D eigenvalue weighted by Gasteiger charge is 2.30. The minimum absolute atomic E-state index is 0.212. The quantitative estimate of drug-likeness (QED) is 0.786. The first-order valence-corrected chi connectivity index (χ1v) is 10.1. The molecule has 5 heteroatoms. The summed E-state index contributed by atoms with van der Waals surface area (Å²) in [5, 5.41) is 4.76. The van der Waals surface area contributed by atoms with E-state index in [1.54, 1.807) is 7.11 Å². The standard InChI is InChI=1S/C22H29N3O2/c1-24-21-9-5-8-19(21)20(23-24)15-25(17-6-3-4-7-17)22(26)14-16-10-12-18(27-2)13-11-16/h10-13,17H,3-9,14-15H2,1-2H3. The van der Waals surface area contributed by atoms with Crippen LogP contribution in [-0.4, -0.2) is 33.7 Å². The van der Waals surface area contributed by atoms with Crippen LogP contribution in [0, 0.1) is 0 Å². The molecule has 1 fully saturated rings. The summed E-state index contributed by atoms with van der Waals surface area (Å²) >= 11 is 0. The molecule has 1 amide bonds. The van der Waals surface area contributed by atoms with Crippen LogP contribution in [0.3, 0.4) is 0 Å². The number of benzene rings is 1. The third kappa shape index (κ3) is 3.73. The summed E-state index contributed by atoms with van der Waals surface area (Å²) in [6, 6.07) is 8.18. The van der Waals surface area contributed by atoms with E-state index in [1.807, 2.05) is 36.0 Å². The van der Waals surface area contributed by atoms with Gasteiger partial charge in [-0.25, -0.2) is 0 Å². The summed E-state index contributed by atoms with van der Waals surface area (Å²) in [6.07, 6.45) is 8.53. The highest BCUT2D eigenvalue weighted by molar-refractivity contribution is 5.79. The van der Waals surface area contributed by atoms with E-state index < -0.39 is 0 Å². The molecular formula is C22H29N3O2. The Kier molecular flexibility index (Phi) is 5.19. The van der Waals surface area contributed by atoms with Gasteiger partial charge in [-0.15, -0.1) is 0 Å². The highest BCUT2D eigenvalue weighted by atomic mass is 16.5. The molecule has 0 atom stereocenters. The molecule has 144 valence electrons. The van der Waals surface area contributed by atoms with E-state index in [4.69, 9.17) is 9.84 Å². The zero-order valence-electron chi connectivity index (χ0n) is 16.4. The zero-order chi connectivity index (χ0) is 18.8. The van der Waals surface area contributed by atoms with Gasteiger partial charge in [0.05, 0.1) is 25.8 Å². The molecular weight excluding hydrogens is 338 g/mol. The molecule has 1 saturated carbocycles. The van der Waals surface area contributed by atoms with E-state index in [2.05, 4.69) is 4.90 Å². The van der Waals surface area contributed by atoms with Crippen molar-refractivity contribution >= 4 is 5.91 Å². The average molecular weight is 367 g/mol. The fourth-order valence-electron chi connectivity index (χ4n) is 4.64. The Balaban J connectivity index is 1.53. The largest absolute Gasteiger partial charge is 0.497 e. The van der Waals surface area contributed by atoms with Gasteiger partial charge in [-0.1, -0.05) is 25.0 Å². The topological polar surface area (TPSA) is 47.4 Å². The summed E-state index contributed by atoms with van der Waals surface area (Å²) in [6.45, 7) is 0.656. The van der Waals surface area contributed by atoms with E-state index in [-0.39, 0.29) is 5.91 Å². The predicted molar refractivity (Wildman–Crippen MR) is 105 cm³/mol. The number of aromatic nitrogens is 2. The van der Waals surface area contributed by atoms with Crippen LogP contribution < -0.4 is 4.74 Å². The number of ether oxygens (including phenoxy) is 1. The van der Waals surface area contributed by atoms with Gasteiger partial charge >= 0.3 is 0 Å². The monoisotopic (exact) mass is 367 g/mol. The molecule has 0 aliphatic heterocycles. The number of carbonyl (C=O) groups excluding carboxylic acids is 1. The van der Waals surface area contributed by atoms with E-state index in [9.17, 15) is 4.79 Å². The molecule has 0 bridgehead atoms. The van der Waals surface area contributed by atoms with Crippen LogP contribution in [0.1, 0.15) is 54.6 Å². The third-order valence-corrected chi connectivity index (χ3v) is 6.12. The lowest BCUT2D eigenvalue weighted by Crippen LogP contribution is -2.39. The normalized spacial score (nSPS) is 16.5. The van der Waals surface area contributed by atoms with Crippen LogP contribution in [0.5, 0.6) is 5.75 Å². The first-order valence-electron chi connectivity index (χ1n) is 10.1. The van der Waals surface area contributed by atoms with Crippen LogP contribution in [0.25, 0.3) is 0 Å². The lowest BCUT2D eigenvalue weighted by molar-refractivity contribution is -0.133. The molecule has 0 N–H and O–H groups in total. The smallest absolute Gasteiger partial charge is 0.227 e. The van der Waals surface area contributed by atoms with Gasteiger partial charge in [0.2, 0.25) is 5.91 Å². The number of fused-ring (bicyclic) bond motifs is 1. The third-order valence-electron chi connectivity index (χ3n) is 6.12. The number of rotatable bonds is 6. The first kappa shape index (κ1) is 18.1. The van der Waals surface area contributed by atoms with Crippen molar-refractivity contribution in [2.45, 2.75) is 64.0 Å². The number of carbonyl (C=O) groups is 1. The minimum Gasteiger partial charge on any atom is -0.497 e. The molecule has 5 nitrogen and oxygen atoms in total. The highest BCUT2D eigenvalue weighted by Crippen LogP contribution is 2.29. The number of hydrogen-bond donors (Lipinski definition) is 0. The van der Waals surface area contributed by atoms with Crippen LogP contribution in [-0.2, 0) is 37.6 Å². The molecule has 2 aromatic rings. The van der Waals surface area contributed by atoms with Crippen molar-refractivity contribution in [1.82, 2.24) is 14.7 Å². The second kappa shape index (κ2) is 7.75. The average Bonchev–Trinajstić information content (AvgIpc) is 3.41. The zero-order valence-corrected chi connectivity index (χ0v) is 16.4. The van der Waals surface area contributed by atoms with Crippen molar-refractivity contribution in [2.24, 2.45) is 7.05 Å². The molecule has 0 unspecified atom stereocenters. The van der Waals surface area contributed by atoms with E-state index >= 15 is 0 Å². The number of hydrogen-bond acceptors (Lipinski definition) is 3. The second-order valence-electron chi connectivity index (χ2n) is 7.83. The molecule has 1 aromatic carbocycles. The van der Waals surface area contributed by atoms with Crippen molar-refractivity contribution in [1.29, 1.82) is 0 Å². The van der Waals surface area contributed by atoms with Gasteiger partial charge in [0, 0.05) is 18.8 Å². The van der Waals surface area contributed by atoms with E-state index in [0.29, 0.717) is 19.0 Å². The Bertz CT molecular complexity index is 804. The van der Waals surface area contributed by atoms with Gasteiger partial charge in [0.25, 0.3) is 0 Å². The molecule has 2 aliphatic rings. The van der Waals surface area contributed by atoms with Crippen molar-refractivity contribution in [3.8, 4) is 5.75 Å². The molecule has 0 saturated heterocycles. The van der Waals surface area contributed by atoms with Gasteiger partial charge in [-0.05, 0) is 55.4 Å². The number of nitrogens with zero attached hydrogens (tertiary/aromatic N) is 3. The molecule has 1 heterocycles. The first-order chi connectivity index (χ1) is 13.2. The maximum Gasteiger partial charge on any atom is 0.227 e. The van der Waals surface area contributed by atoms with Crippen LogP contribution in [0.2, 0.25) is 0 Å². The second-order valence-corrected chi connectivity index (χ2v) is 7.83. The van der Waals surface area contributed by atoms with Gasteiger partial charge in [0.1, 0.15) is 5.75 Å². The van der Waals surface area contributed by atoms with Crippen molar-refractivity contribution in [3.63, 3.8) is 0 Å². The summed E-state index contributed by atoms with van der Waals surface area (Å²) in [5.74, 6) is 1.03. The number of aryl methyl sites for hydroxylation is 1. The Morgan fingerprint density at radius 1 is 1.19 bits per heavy atom. The molecule has 27 heavy (non-hydrogen) atoms. The van der Waals surface area contributed by atoms with Crippen molar-refractivity contribution < 1.29 is 9.53 Å². The Morgan fingerprint density at radius 3 is 2.63 bits per heavy atom. The molecule has 2 aliphatic carbocycles. The summed E-state index contributed by atoms with van der Waals surface area (Å²) in [7, 11) is 3.69. The van der Waals surface area contributed by atoms with Gasteiger partial charge in [-0.3, -0.25) is 9.48 Å². The SMILES string of the molecule is COc1ccc(CC(=O)N(Cc2nn(C)c3c2CCC3)C2CCCC2)cc1. The number of amides is 1. The van der Waals surface area contributed by atoms with E-state index in [0.717, 1.165) is 42.7 Å². The fourth-order valence-corrected chi connectivity index (χ4v) is 4.64. The lowest BCUT2D eigenvalue weighted by atomic mass is 10.1. The lowest BCUT2D eigenvalue weighted by Gasteiger charge is -2.29. The van der Waals surface area contributed by atoms with Crippen molar-refractivity contribution in [2.75, 3.05) is 7.11 Å². The summed E-state index contributed by atoms with van der Waals surface area (Å²) in [5.41, 5.74) is 4.90. The van der Waals surface area contributed by atoms with Gasteiger partial charge in [-0.2, -0.15) is 5.10 Å². The van der Waals surface area contributed by atoms with Crippen LogP contribution in [0.4, 0.5) is 0 Å². The van der Waals surface area contributed by atoms with Gasteiger partial charge in [0.15, 0.2) is 0 Å². The molecule has 0 radical (unpaired) electrons. The Morgan fingerprint density at radius 2 is 1.93 bits per heavy atom. The van der Waals surface area contributed by atoms with Gasteiger partial charge < -0.3 is 9.64 Å². The van der Waals surface area contributed by atoms with Crippen molar-refractivity contribution in [3.05, 3.63) is 46.8 Å². The molecule has 0 spiro atoms. The maximum absolute atomic E-state index is 13.2. The van der Waals surface area contributed by atoms with Crippen LogP contribution >= 0.6 is 0 Å².